The van der Waals surface area contributed by atoms with Gasteiger partial charge in [-0.15, -0.1) is 11.8 Å². The van der Waals surface area contributed by atoms with E-state index in [0.717, 1.165) is 18.6 Å². The molecule has 1 atom stereocenters. The minimum atomic E-state index is -4.56. The first-order chi connectivity index (χ1) is 18.7. The third-order valence-electron chi connectivity index (χ3n) is 5.37. The fourth-order valence-electron chi connectivity index (χ4n) is 3.58. The molecule has 10 nitrogen and oxygen atoms in total. The molecule has 0 aliphatic carbocycles. The summed E-state index contributed by atoms with van der Waals surface area (Å²) in [6.45, 7) is 5.75. The van der Waals surface area contributed by atoms with Crippen LogP contribution in [0.4, 0.5) is 35.4 Å². The number of alkyl halides is 3. The number of rotatable bonds is 12. The summed E-state index contributed by atoms with van der Waals surface area (Å²) in [6, 6.07) is 5.39. The maximum Gasteiger partial charge on any atom is 0.416 e. The Labute approximate surface area is 235 Å². The predicted molar refractivity (Wildman–Crippen MR) is 148 cm³/mol. The highest BCUT2D eigenvalue weighted by Crippen LogP contribution is 2.31. The molecule has 1 aromatic heterocycles. The molecule has 1 heterocycles. The van der Waals surface area contributed by atoms with Gasteiger partial charge in [0.05, 0.1) is 5.56 Å². The number of nitrogens with zero attached hydrogens (tertiary/aromatic N) is 3. The van der Waals surface area contributed by atoms with E-state index < -0.39 is 35.4 Å². The van der Waals surface area contributed by atoms with Crippen LogP contribution in [0.5, 0.6) is 0 Å². The first-order valence-corrected chi connectivity index (χ1v) is 13.8. The monoisotopic (exact) mass is 581 g/mol. The van der Waals surface area contributed by atoms with Crippen molar-refractivity contribution in [1.82, 2.24) is 15.3 Å². The molecule has 5 N–H and O–H groups in total. The van der Waals surface area contributed by atoms with E-state index in [1.54, 1.807) is 27.0 Å². The van der Waals surface area contributed by atoms with Gasteiger partial charge in [0.1, 0.15) is 28.3 Å². The van der Waals surface area contributed by atoms with Crippen LogP contribution in [0.3, 0.4) is 0 Å². The van der Waals surface area contributed by atoms with Crippen LogP contribution in [0.1, 0.15) is 64.0 Å². The van der Waals surface area contributed by atoms with Crippen molar-refractivity contribution < 1.29 is 27.5 Å². The number of benzene rings is 1. The highest BCUT2D eigenvalue weighted by molar-refractivity contribution is 7.98. The SMILES string of the molecule is CSc1nc(N)nc(N[C@@H](CCCCCCNC(=O)OC(C)(C)C)C(=O)Nc2cccc(C(F)(F)F)c2)c1C#N. The lowest BCUT2D eigenvalue weighted by atomic mass is 10.1. The second-order valence-corrected chi connectivity index (χ2v) is 10.6. The Balaban J connectivity index is 2.08. The number of nitrogens with two attached hydrogens (primary N) is 1. The number of amides is 2. The Kier molecular flexibility index (Phi) is 11.9. The van der Waals surface area contributed by atoms with Crippen LogP contribution in [-0.2, 0) is 15.7 Å². The molecule has 0 spiro atoms. The summed E-state index contributed by atoms with van der Waals surface area (Å²) >= 11 is 1.18. The van der Waals surface area contributed by atoms with Crippen molar-refractivity contribution in [2.45, 2.75) is 75.7 Å². The summed E-state index contributed by atoms with van der Waals surface area (Å²) in [5, 5.41) is 18.1. The number of carbonyl (C=O) groups excluding carboxylic acids is 2. The van der Waals surface area contributed by atoms with Gasteiger partial charge in [-0.3, -0.25) is 4.79 Å². The standard InChI is InChI=1S/C26H34F3N7O3S/c1-25(2,3)39-24(38)32-13-8-6-5-7-12-19(34-20-18(15-30)22(40-4)36-23(31)35-20)21(37)33-17-11-9-10-16(14-17)26(27,28)29/h9-11,14,19H,5-8,12-13H2,1-4H3,(H,32,38)(H,33,37)(H3,31,34,35,36)/t19-/m0/s1. The molecule has 0 saturated carbocycles. The zero-order chi connectivity index (χ0) is 29.9. The van der Waals surface area contributed by atoms with Crippen LogP contribution in [-0.4, -0.2) is 46.4 Å². The molecule has 14 heteroatoms. The Bertz CT molecular complexity index is 1210. The number of alkyl carbamates (subject to hydrolysis) is 1. The van der Waals surface area contributed by atoms with Crippen LogP contribution < -0.4 is 21.7 Å². The summed E-state index contributed by atoms with van der Waals surface area (Å²) in [6.07, 6.45) is -0.356. The van der Waals surface area contributed by atoms with Crippen molar-refractivity contribution >= 4 is 41.2 Å². The van der Waals surface area contributed by atoms with Crippen molar-refractivity contribution in [2.24, 2.45) is 0 Å². The topological polar surface area (TPSA) is 155 Å². The fourth-order valence-corrected chi connectivity index (χ4v) is 4.11. The number of hydrogen-bond donors (Lipinski definition) is 4. The van der Waals surface area contributed by atoms with Crippen molar-refractivity contribution in [3.8, 4) is 6.07 Å². The zero-order valence-corrected chi connectivity index (χ0v) is 23.6. The highest BCUT2D eigenvalue weighted by Gasteiger charge is 2.31. The van der Waals surface area contributed by atoms with Crippen LogP contribution >= 0.6 is 11.8 Å². The maximum absolute atomic E-state index is 13.2. The van der Waals surface area contributed by atoms with E-state index in [0.29, 0.717) is 30.8 Å². The summed E-state index contributed by atoms with van der Waals surface area (Å²) in [7, 11) is 0. The van der Waals surface area contributed by atoms with Gasteiger partial charge < -0.3 is 26.4 Å². The van der Waals surface area contributed by atoms with Gasteiger partial charge in [0.25, 0.3) is 0 Å². The molecule has 0 saturated heterocycles. The van der Waals surface area contributed by atoms with E-state index in [9.17, 15) is 28.0 Å². The minimum Gasteiger partial charge on any atom is -0.444 e. The van der Waals surface area contributed by atoms with Gasteiger partial charge in [0.2, 0.25) is 11.9 Å². The smallest absolute Gasteiger partial charge is 0.416 e. The number of nitrogens with one attached hydrogen (secondary N) is 3. The van der Waals surface area contributed by atoms with E-state index in [2.05, 4.69) is 25.9 Å². The first-order valence-electron chi connectivity index (χ1n) is 12.6. The molecule has 0 radical (unpaired) electrons. The van der Waals surface area contributed by atoms with Crippen molar-refractivity contribution in [2.75, 3.05) is 29.2 Å². The Morgan fingerprint density at radius 2 is 1.85 bits per heavy atom. The number of halogens is 3. The number of nitriles is 1. The van der Waals surface area contributed by atoms with Crippen LogP contribution in [0, 0.1) is 11.3 Å². The molecule has 0 unspecified atom stereocenters. The van der Waals surface area contributed by atoms with Crippen molar-refractivity contribution in [1.29, 1.82) is 5.26 Å². The number of ether oxygens (including phenoxy) is 1. The molecular formula is C26H34F3N7O3S. The highest BCUT2D eigenvalue weighted by atomic mass is 32.2. The molecule has 218 valence electrons. The molecule has 2 rings (SSSR count). The predicted octanol–water partition coefficient (Wildman–Crippen LogP) is 5.57. The van der Waals surface area contributed by atoms with E-state index in [-0.39, 0.29) is 29.4 Å². The van der Waals surface area contributed by atoms with Gasteiger partial charge in [-0.1, -0.05) is 25.3 Å². The summed E-state index contributed by atoms with van der Waals surface area (Å²) in [4.78, 5) is 33.0. The van der Waals surface area contributed by atoms with Crippen LogP contribution in [0.2, 0.25) is 0 Å². The molecule has 2 amide bonds. The average Bonchev–Trinajstić information content (AvgIpc) is 2.85. The van der Waals surface area contributed by atoms with Gasteiger partial charge in [0.15, 0.2) is 5.82 Å². The number of carbonyl (C=O) groups is 2. The fraction of sp³-hybridized carbons (Fsp3) is 0.500. The molecule has 0 fully saturated rings. The van der Waals surface area contributed by atoms with Crippen molar-refractivity contribution in [3.63, 3.8) is 0 Å². The lowest BCUT2D eigenvalue weighted by Crippen LogP contribution is -2.35. The number of unbranched alkanes of at least 4 members (excludes halogenated alkanes) is 3. The number of aromatic nitrogens is 2. The average molecular weight is 582 g/mol. The zero-order valence-electron chi connectivity index (χ0n) is 22.8. The third-order valence-corrected chi connectivity index (χ3v) is 6.05. The van der Waals surface area contributed by atoms with Gasteiger partial charge in [-0.2, -0.15) is 23.4 Å². The lowest BCUT2D eigenvalue weighted by molar-refractivity contribution is -0.137. The summed E-state index contributed by atoms with van der Waals surface area (Å²) in [5.74, 6) is -0.636. The second kappa shape index (κ2) is 14.6. The van der Waals surface area contributed by atoms with Gasteiger partial charge in [-0.05, 0) is 58.1 Å². The molecule has 0 aliphatic heterocycles. The molecular weight excluding hydrogens is 547 g/mol. The Hall–Kier alpha value is -3.73. The Morgan fingerprint density at radius 1 is 1.15 bits per heavy atom. The van der Waals surface area contributed by atoms with Gasteiger partial charge >= 0.3 is 12.3 Å². The molecule has 1 aromatic carbocycles. The van der Waals surface area contributed by atoms with Gasteiger partial charge in [0, 0.05) is 12.2 Å². The lowest BCUT2D eigenvalue weighted by Gasteiger charge is -2.21. The number of nitrogen functional groups attached to an aromatic ring is 1. The van der Waals surface area contributed by atoms with E-state index in [4.69, 9.17) is 10.5 Å². The van der Waals surface area contributed by atoms with Crippen molar-refractivity contribution in [3.05, 3.63) is 35.4 Å². The largest absolute Gasteiger partial charge is 0.444 e. The number of anilines is 3. The molecule has 0 aliphatic rings. The molecule has 40 heavy (non-hydrogen) atoms. The van der Waals surface area contributed by atoms with Crippen LogP contribution in [0.25, 0.3) is 0 Å². The van der Waals surface area contributed by atoms with Crippen LogP contribution in [0.15, 0.2) is 29.3 Å². The molecule has 0 bridgehead atoms. The summed E-state index contributed by atoms with van der Waals surface area (Å²) in [5.41, 5.74) is 4.39. The van der Waals surface area contributed by atoms with E-state index in [1.165, 1.54) is 23.9 Å². The maximum atomic E-state index is 13.2. The summed E-state index contributed by atoms with van der Waals surface area (Å²) < 4.78 is 44.6. The van der Waals surface area contributed by atoms with E-state index >= 15 is 0 Å². The number of hydrogen-bond acceptors (Lipinski definition) is 9. The minimum absolute atomic E-state index is 0.0210. The normalized spacial score (nSPS) is 12.2. The second-order valence-electron chi connectivity index (χ2n) is 9.82. The Morgan fingerprint density at radius 3 is 2.48 bits per heavy atom. The van der Waals surface area contributed by atoms with Gasteiger partial charge in [-0.25, -0.2) is 9.78 Å². The first kappa shape index (κ1) is 32.5. The molecule has 2 aromatic rings. The number of thioether (sulfide) groups is 1. The quantitative estimate of drug-likeness (QED) is 0.143. The third kappa shape index (κ3) is 10.8. The van der Waals surface area contributed by atoms with E-state index in [1.807, 2.05) is 6.07 Å².